The molecule has 4 nitrogen and oxygen atoms in total. The van der Waals surface area contributed by atoms with Gasteiger partial charge in [0.2, 0.25) is 5.91 Å². The Morgan fingerprint density at radius 1 is 1.08 bits per heavy atom. The lowest BCUT2D eigenvalue weighted by molar-refractivity contribution is -0.123. The SMILES string of the molecule is CC(NC(=O)CN1CCN(c2cccc(Cl)c2)CC1)c1ccccc1Cl. The molecule has 1 aliphatic heterocycles. The van der Waals surface area contributed by atoms with Crippen LogP contribution in [0, 0.1) is 0 Å². The molecule has 0 spiro atoms. The van der Waals surface area contributed by atoms with E-state index in [9.17, 15) is 4.79 Å². The lowest BCUT2D eigenvalue weighted by Gasteiger charge is -2.36. The van der Waals surface area contributed by atoms with Crippen LogP contribution in [0.3, 0.4) is 0 Å². The maximum Gasteiger partial charge on any atom is 0.234 e. The van der Waals surface area contributed by atoms with E-state index in [-0.39, 0.29) is 11.9 Å². The van der Waals surface area contributed by atoms with Crippen LogP contribution in [-0.4, -0.2) is 43.5 Å². The molecular weight excluding hydrogens is 369 g/mol. The van der Waals surface area contributed by atoms with Crippen molar-refractivity contribution in [1.29, 1.82) is 0 Å². The number of piperazine rings is 1. The van der Waals surface area contributed by atoms with Gasteiger partial charge in [0.15, 0.2) is 0 Å². The number of hydrogen-bond acceptors (Lipinski definition) is 3. The number of halogens is 2. The monoisotopic (exact) mass is 391 g/mol. The number of carbonyl (C=O) groups is 1. The van der Waals surface area contributed by atoms with Gasteiger partial charge in [0, 0.05) is 41.9 Å². The van der Waals surface area contributed by atoms with E-state index < -0.39 is 0 Å². The van der Waals surface area contributed by atoms with Crippen LogP contribution in [-0.2, 0) is 4.79 Å². The Labute approximate surface area is 164 Å². The van der Waals surface area contributed by atoms with Gasteiger partial charge in [-0.15, -0.1) is 0 Å². The largest absolute Gasteiger partial charge is 0.369 e. The molecule has 1 atom stereocenters. The second kappa shape index (κ2) is 8.76. The summed E-state index contributed by atoms with van der Waals surface area (Å²) in [7, 11) is 0. The third-order valence-corrected chi connectivity index (χ3v) is 5.24. The molecule has 0 aliphatic carbocycles. The Kier molecular flexibility index (Phi) is 6.41. The van der Waals surface area contributed by atoms with Crippen LogP contribution in [0.2, 0.25) is 10.0 Å². The maximum atomic E-state index is 12.4. The lowest BCUT2D eigenvalue weighted by atomic mass is 10.1. The summed E-state index contributed by atoms with van der Waals surface area (Å²) in [5.74, 6) is 0.0219. The summed E-state index contributed by atoms with van der Waals surface area (Å²) in [5, 5.41) is 4.46. The van der Waals surface area contributed by atoms with E-state index in [1.165, 1.54) is 0 Å². The zero-order valence-electron chi connectivity index (χ0n) is 14.8. The molecule has 26 heavy (non-hydrogen) atoms. The van der Waals surface area contributed by atoms with Crippen LogP contribution in [0.4, 0.5) is 5.69 Å². The van der Waals surface area contributed by atoms with E-state index in [4.69, 9.17) is 23.2 Å². The zero-order chi connectivity index (χ0) is 18.5. The summed E-state index contributed by atoms with van der Waals surface area (Å²) in [6.45, 7) is 5.82. The minimum atomic E-state index is -0.107. The van der Waals surface area contributed by atoms with Crippen molar-refractivity contribution in [3.05, 3.63) is 64.1 Å². The molecule has 2 aromatic carbocycles. The number of carbonyl (C=O) groups excluding carboxylic acids is 1. The molecular formula is C20H23Cl2N3O. The molecule has 1 amide bonds. The fourth-order valence-electron chi connectivity index (χ4n) is 3.23. The van der Waals surface area contributed by atoms with Crippen molar-refractivity contribution in [3.63, 3.8) is 0 Å². The fourth-order valence-corrected chi connectivity index (χ4v) is 3.72. The van der Waals surface area contributed by atoms with E-state index in [2.05, 4.69) is 21.2 Å². The number of amides is 1. The van der Waals surface area contributed by atoms with Crippen LogP contribution in [0.5, 0.6) is 0 Å². The number of nitrogens with zero attached hydrogens (tertiary/aromatic N) is 2. The molecule has 2 aromatic rings. The fraction of sp³-hybridized carbons (Fsp3) is 0.350. The zero-order valence-corrected chi connectivity index (χ0v) is 16.3. The van der Waals surface area contributed by atoms with E-state index in [1.807, 2.05) is 49.4 Å². The van der Waals surface area contributed by atoms with E-state index >= 15 is 0 Å². The highest BCUT2D eigenvalue weighted by atomic mass is 35.5. The van der Waals surface area contributed by atoms with Crippen molar-refractivity contribution >= 4 is 34.8 Å². The van der Waals surface area contributed by atoms with Gasteiger partial charge in [-0.2, -0.15) is 0 Å². The highest BCUT2D eigenvalue weighted by molar-refractivity contribution is 6.31. The minimum absolute atomic E-state index is 0.0219. The quantitative estimate of drug-likeness (QED) is 0.836. The van der Waals surface area contributed by atoms with Gasteiger partial charge >= 0.3 is 0 Å². The molecule has 0 aromatic heterocycles. The van der Waals surface area contributed by atoms with E-state index in [0.29, 0.717) is 11.6 Å². The van der Waals surface area contributed by atoms with Crippen molar-refractivity contribution in [3.8, 4) is 0 Å². The maximum absolute atomic E-state index is 12.4. The number of benzene rings is 2. The van der Waals surface area contributed by atoms with Crippen LogP contribution >= 0.6 is 23.2 Å². The Morgan fingerprint density at radius 3 is 2.50 bits per heavy atom. The molecule has 6 heteroatoms. The Morgan fingerprint density at radius 2 is 1.81 bits per heavy atom. The number of hydrogen-bond donors (Lipinski definition) is 1. The average molecular weight is 392 g/mol. The molecule has 0 bridgehead atoms. The van der Waals surface area contributed by atoms with Crippen molar-refractivity contribution in [2.45, 2.75) is 13.0 Å². The molecule has 138 valence electrons. The van der Waals surface area contributed by atoms with Gasteiger partial charge in [0.25, 0.3) is 0 Å². The standard InChI is InChI=1S/C20H23Cl2N3O/c1-15(18-7-2-3-8-19(18)22)23-20(26)14-24-9-11-25(12-10-24)17-6-4-5-16(21)13-17/h2-8,13,15H,9-12,14H2,1H3,(H,23,26). The predicted octanol–water partition coefficient (Wildman–Crippen LogP) is 3.99. The molecule has 1 N–H and O–H groups in total. The first kappa shape index (κ1) is 19.0. The molecule has 1 aliphatic rings. The molecule has 1 unspecified atom stereocenters. The number of nitrogens with one attached hydrogen (secondary N) is 1. The van der Waals surface area contributed by atoms with Crippen molar-refractivity contribution in [1.82, 2.24) is 10.2 Å². The van der Waals surface area contributed by atoms with E-state index in [0.717, 1.165) is 42.5 Å². The van der Waals surface area contributed by atoms with Gasteiger partial charge in [-0.3, -0.25) is 9.69 Å². The Bertz CT molecular complexity index is 760. The third kappa shape index (κ3) is 4.91. The second-order valence-corrected chi connectivity index (χ2v) is 7.40. The van der Waals surface area contributed by atoms with Crippen molar-refractivity contribution < 1.29 is 4.79 Å². The van der Waals surface area contributed by atoms with Crippen LogP contribution in [0.15, 0.2) is 48.5 Å². The first-order valence-electron chi connectivity index (χ1n) is 8.79. The normalized spacial score (nSPS) is 16.3. The van der Waals surface area contributed by atoms with Gasteiger partial charge < -0.3 is 10.2 Å². The summed E-state index contributed by atoms with van der Waals surface area (Å²) in [5.41, 5.74) is 2.07. The Hall–Kier alpha value is -1.75. The van der Waals surface area contributed by atoms with Gasteiger partial charge in [-0.25, -0.2) is 0 Å². The lowest BCUT2D eigenvalue weighted by Crippen LogP contribution is -2.49. The summed E-state index contributed by atoms with van der Waals surface area (Å²) in [4.78, 5) is 16.9. The number of rotatable bonds is 5. The minimum Gasteiger partial charge on any atom is -0.369 e. The molecule has 0 saturated carbocycles. The molecule has 1 heterocycles. The first-order chi connectivity index (χ1) is 12.5. The third-order valence-electron chi connectivity index (χ3n) is 4.66. The molecule has 1 saturated heterocycles. The molecule has 1 fully saturated rings. The van der Waals surface area contributed by atoms with Gasteiger partial charge in [-0.1, -0.05) is 47.5 Å². The predicted molar refractivity (Wildman–Crippen MR) is 108 cm³/mol. The second-order valence-electron chi connectivity index (χ2n) is 6.55. The number of anilines is 1. The summed E-state index contributed by atoms with van der Waals surface area (Å²) in [6.07, 6.45) is 0. The van der Waals surface area contributed by atoms with Crippen LogP contribution in [0.1, 0.15) is 18.5 Å². The van der Waals surface area contributed by atoms with Crippen molar-refractivity contribution in [2.75, 3.05) is 37.6 Å². The van der Waals surface area contributed by atoms with Crippen molar-refractivity contribution in [2.24, 2.45) is 0 Å². The van der Waals surface area contributed by atoms with Crippen LogP contribution in [0.25, 0.3) is 0 Å². The average Bonchev–Trinajstić information content (AvgIpc) is 2.62. The highest BCUT2D eigenvalue weighted by Crippen LogP contribution is 2.22. The van der Waals surface area contributed by atoms with Crippen LogP contribution < -0.4 is 10.2 Å². The van der Waals surface area contributed by atoms with Gasteiger partial charge in [0.1, 0.15) is 0 Å². The first-order valence-corrected chi connectivity index (χ1v) is 9.55. The highest BCUT2D eigenvalue weighted by Gasteiger charge is 2.20. The topological polar surface area (TPSA) is 35.6 Å². The van der Waals surface area contributed by atoms with E-state index in [1.54, 1.807) is 0 Å². The summed E-state index contributed by atoms with van der Waals surface area (Å²) >= 11 is 12.3. The Balaban J connectivity index is 1.48. The molecule has 3 rings (SSSR count). The van der Waals surface area contributed by atoms with Gasteiger partial charge in [0.05, 0.1) is 12.6 Å². The summed E-state index contributed by atoms with van der Waals surface area (Å²) < 4.78 is 0. The van der Waals surface area contributed by atoms with Gasteiger partial charge in [-0.05, 0) is 36.8 Å². The molecule has 0 radical (unpaired) electrons. The smallest absolute Gasteiger partial charge is 0.234 e. The summed E-state index contributed by atoms with van der Waals surface area (Å²) in [6, 6.07) is 15.4.